The van der Waals surface area contributed by atoms with E-state index < -0.39 is 0 Å². The van der Waals surface area contributed by atoms with Crippen LogP contribution in [0.4, 0.5) is 0 Å². The molecule has 112 valence electrons. The van der Waals surface area contributed by atoms with Crippen molar-refractivity contribution in [1.29, 1.82) is 0 Å². The molecule has 2 fully saturated rings. The van der Waals surface area contributed by atoms with E-state index in [1.807, 2.05) is 25.1 Å². The second-order valence-corrected chi connectivity index (χ2v) is 6.02. The highest BCUT2D eigenvalue weighted by Gasteiger charge is 2.31. The van der Waals surface area contributed by atoms with E-state index in [2.05, 4.69) is 34.3 Å². The summed E-state index contributed by atoms with van der Waals surface area (Å²) in [5.41, 5.74) is 3.41. The maximum Gasteiger partial charge on any atom is 0.250 e. The molecule has 1 aromatic carbocycles. The summed E-state index contributed by atoms with van der Waals surface area (Å²) in [4.78, 5) is 17.2. The van der Waals surface area contributed by atoms with Gasteiger partial charge >= 0.3 is 0 Å². The third-order valence-electron chi connectivity index (χ3n) is 4.56. The Morgan fingerprint density at radius 2 is 1.90 bits per heavy atom. The summed E-state index contributed by atoms with van der Waals surface area (Å²) in [6.07, 6.45) is 0. The first-order valence-electron chi connectivity index (χ1n) is 7.60. The van der Waals surface area contributed by atoms with Crippen LogP contribution >= 0.6 is 0 Å². The van der Waals surface area contributed by atoms with Gasteiger partial charge in [-0.05, 0) is 25.1 Å². The lowest BCUT2D eigenvalue weighted by Gasteiger charge is -2.41. The number of nitrogens with zero attached hydrogens (tertiary/aromatic N) is 2. The lowest BCUT2D eigenvalue weighted by molar-refractivity contribution is -0.132. The largest absolute Gasteiger partial charge is 0.329 e. The molecule has 0 aromatic heterocycles. The molecule has 4 heteroatoms. The van der Waals surface area contributed by atoms with Crippen LogP contribution in [0, 0.1) is 0 Å². The number of piperazine rings is 1. The molecule has 1 atom stereocenters. The SMILES string of the molecule is CC(C(=O)N1CCN(C)CC1c1ccccc1)=C1CNC1. The highest BCUT2D eigenvalue weighted by atomic mass is 16.2. The van der Waals surface area contributed by atoms with Gasteiger partial charge in [0.1, 0.15) is 0 Å². The highest BCUT2D eigenvalue weighted by molar-refractivity contribution is 5.94. The van der Waals surface area contributed by atoms with Crippen LogP contribution in [0.3, 0.4) is 0 Å². The van der Waals surface area contributed by atoms with Gasteiger partial charge in [-0.3, -0.25) is 4.79 Å². The van der Waals surface area contributed by atoms with Crippen LogP contribution in [-0.4, -0.2) is 55.5 Å². The van der Waals surface area contributed by atoms with Crippen molar-refractivity contribution in [2.24, 2.45) is 0 Å². The fourth-order valence-corrected chi connectivity index (χ4v) is 3.00. The Balaban J connectivity index is 1.86. The number of carbonyl (C=O) groups excluding carboxylic acids is 1. The Hall–Kier alpha value is -1.65. The van der Waals surface area contributed by atoms with Gasteiger partial charge in [-0.15, -0.1) is 0 Å². The summed E-state index contributed by atoms with van der Waals surface area (Å²) >= 11 is 0. The molecule has 0 saturated carbocycles. The Labute approximate surface area is 126 Å². The van der Waals surface area contributed by atoms with E-state index in [0.717, 1.165) is 38.3 Å². The molecule has 2 aliphatic heterocycles. The minimum atomic E-state index is 0.154. The van der Waals surface area contributed by atoms with Crippen molar-refractivity contribution in [3.8, 4) is 0 Å². The molecule has 2 saturated heterocycles. The molecule has 0 spiro atoms. The first-order valence-corrected chi connectivity index (χ1v) is 7.60. The van der Waals surface area contributed by atoms with Crippen molar-refractivity contribution in [3.63, 3.8) is 0 Å². The van der Waals surface area contributed by atoms with E-state index in [1.165, 1.54) is 11.1 Å². The number of rotatable bonds is 2. The number of carbonyl (C=O) groups is 1. The first kappa shape index (κ1) is 14.3. The predicted molar refractivity (Wildman–Crippen MR) is 84.0 cm³/mol. The van der Waals surface area contributed by atoms with E-state index >= 15 is 0 Å². The fourth-order valence-electron chi connectivity index (χ4n) is 3.00. The van der Waals surface area contributed by atoms with Gasteiger partial charge in [0.15, 0.2) is 0 Å². The summed E-state index contributed by atoms with van der Waals surface area (Å²) in [6.45, 7) is 6.33. The smallest absolute Gasteiger partial charge is 0.250 e. The monoisotopic (exact) mass is 285 g/mol. The summed E-state index contributed by atoms with van der Waals surface area (Å²) in [5.74, 6) is 0.202. The zero-order valence-electron chi connectivity index (χ0n) is 12.8. The van der Waals surface area contributed by atoms with Crippen molar-refractivity contribution in [3.05, 3.63) is 47.0 Å². The number of likely N-dealkylation sites (N-methyl/N-ethyl adjacent to an activating group) is 1. The molecule has 2 heterocycles. The number of hydrogen-bond acceptors (Lipinski definition) is 3. The number of benzene rings is 1. The van der Waals surface area contributed by atoms with Crippen LogP contribution in [-0.2, 0) is 4.79 Å². The third-order valence-corrected chi connectivity index (χ3v) is 4.56. The zero-order valence-corrected chi connectivity index (χ0v) is 12.8. The van der Waals surface area contributed by atoms with E-state index in [1.54, 1.807) is 0 Å². The van der Waals surface area contributed by atoms with Crippen LogP contribution in [0.1, 0.15) is 18.5 Å². The van der Waals surface area contributed by atoms with Gasteiger partial charge in [-0.25, -0.2) is 0 Å². The van der Waals surface area contributed by atoms with E-state index in [4.69, 9.17) is 0 Å². The maximum atomic E-state index is 12.8. The van der Waals surface area contributed by atoms with E-state index in [-0.39, 0.29) is 11.9 Å². The molecular weight excluding hydrogens is 262 g/mol. The predicted octanol–water partition coefficient (Wildman–Crippen LogP) is 1.42. The quantitative estimate of drug-likeness (QED) is 0.835. The van der Waals surface area contributed by atoms with Crippen molar-refractivity contribution < 1.29 is 4.79 Å². The molecule has 21 heavy (non-hydrogen) atoms. The molecule has 1 aromatic rings. The number of amides is 1. The molecule has 0 aliphatic carbocycles. The van der Waals surface area contributed by atoms with E-state index in [9.17, 15) is 4.79 Å². The Kier molecular flexibility index (Phi) is 4.08. The summed E-state index contributed by atoms with van der Waals surface area (Å²) in [7, 11) is 2.12. The lowest BCUT2D eigenvalue weighted by Crippen LogP contribution is -2.50. The third kappa shape index (κ3) is 2.87. The summed E-state index contributed by atoms with van der Waals surface area (Å²) in [6, 6.07) is 10.5. The van der Waals surface area contributed by atoms with Crippen LogP contribution in [0.15, 0.2) is 41.5 Å². The van der Waals surface area contributed by atoms with Gasteiger partial charge < -0.3 is 15.1 Å². The zero-order chi connectivity index (χ0) is 14.8. The lowest BCUT2D eigenvalue weighted by atomic mass is 9.99. The highest BCUT2D eigenvalue weighted by Crippen LogP contribution is 2.27. The van der Waals surface area contributed by atoms with Gasteiger partial charge in [0, 0.05) is 38.3 Å². The van der Waals surface area contributed by atoms with Gasteiger partial charge in [-0.2, -0.15) is 0 Å². The molecule has 0 bridgehead atoms. The first-order chi connectivity index (χ1) is 10.2. The summed E-state index contributed by atoms with van der Waals surface area (Å²) < 4.78 is 0. The second kappa shape index (κ2) is 6.00. The van der Waals surface area contributed by atoms with Crippen LogP contribution in [0.5, 0.6) is 0 Å². The number of hydrogen-bond donors (Lipinski definition) is 1. The molecule has 2 aliphatic rings. The van der Waals surface area contributed by atoms with Crippen molar-refractivity contribution >= 4 is 5.91 Å². The average Bonchev–Trinajstić information content (AvgIpc) is 2.45. The second-order valence-electron chi connectivity index (χ2n) is 6.02. The van der Waals surface area contributed by atoms with Gasteiger partial charge in [0.25, 0.3) is 0 Å². The van der Waals surface area contributed by atoms with Gasteiger partial charge in [0.2, 0.25) is 5.91 Å². The van der Waals surface area contributed by atoms with Crippen LogP contribution < -0.4 is 5.32 Å². The molecule has 3 rings (SSSR count). The number of nitrogens with one attached hydrogen (secondary N) is 1. The Bertz CT molecular complexity index is 546. The summed E-state index contributed by atoms with van der Waals surface area (Å²) in [5, 5.41) is 3.21. The molecular formula is C17H23N3O. The molecule has 4 nitrogen and oxygen atoms in total. The van der Waals surface area contributed by atoms with Crippen LogP contribution in [0.2, 0.25) is 0 Å². The van der Waals surface area contributed by atoms with E-state index in [0.29, 0.717) is 0 Å². The fraction of sp³-hybridized carbons (Fsp3) is 0.471. The van der Waals surface area contributed by atoms with Crippen molar-refractivity contribution in [2.75, 3.05) is 39.8 Å². The molecule has 1 N–H and O–H groups in total. The van der Waals surface area contributed by atoms with Crippen molar-refractivity contribution in [2.45, 2.75) is 13.0 Å². The standard InChI is InChI=1S/C17H23N3O/c1-13(15-10-18-11-15)17(21)20-9-8-19(2)12-16(20)14-6-4-3-5-7-14/h3-7,16,18H,8-12H2,1-2H3. The Morgan fingerprint density at radius 1 is 1.19 bits per heavy atom. The normalized spacial score (nSPS) is 22.9. The van der Waals surface area contributed by atoms with Gasteiger partial charge in [-0.1, -0.05) is 30.3 Å². The van der Waals surface area contributed by atoms with Gasteiger partial charge in [0.05, 0.1) is 6.04 Å². The minimum absolute atomic E-state index is 0.154. The maximum absolute atomic E-state index is 12.8. The molecule has 0 radical (unpaired) electrons. The van der Waals surface area contributed by atoms with Crippen molar-refractivity contribution in [1.82, 2.24) is 15.1 Å². The molecule has 1 unspecified atom stereocenters. The topological polar surface area (TPSA) is 35.6 Å². The minimum Gasteiger partial charge on any atom is -0.329 e. The Morgan fingerprint density at radius 3 is 2.52 bits per heavy atom. The average molecular weight is 285 g/mol. The molecule has 1 amide bonds. The van der Waals surface area contributed by atoms with Crippen LogP contribution in [0.25, 0.3) is 0 Å².